The molecule has 0 aliphatic heterocycles. The van der Waals surface area contributed by atoms with Gasteiger partial charge in [-0.2, -0.15) is 0 Å². The lowest BCUT2D eigenvalue weighted by Gasteiger charge is -2.05. The van der Waals surface area contributed by atoms with Crippen molar-refractivity contribution in [2.24, 2.45) is 0 Å². The summed E-state index contributed by atoms with van der Waals surface area (Å²) in [4.78, 5) is 21.3. The first-order valence-electron chi connectivity index (χ1n) is 3.81. The van der Waals surface area contributed by atoms with Crippen LogP contribution in [0.25, 0.3) is 0 Å². The lowest BCUT2D eigenvalue weighted by Crippen LogP contribution is -2.14. The molecular weight excluding hydrogens is 207 g/mol. The Morgan fingerprint density at radius 1 is 1.40 bits per heavy atom. The van der Waals surface area contributed by atoms with Crippen molar-refractivity contribution >= 4 is 11.8 Å². The number of ketones is 1. The fraction of sp³-hybridized carbons (Fsp3) is 0.111. The van der Waals surface area contributed by atoms with Crippen LogP contribution in [0.2, 0.25) is 0 Å². The molecule has 15 heavy (non-hydrogen) atoms. The minimum atomic E-state index is -1.78. The Kier molecular flexibility index (Phi) is 2.89. The monoisotopic (exact) mass is 214 g/mol. The van der Waals surface area contributed by atoms with Gasteiger partial charge in [0.05, 0.1) is 12.7 Å². The summed E-state index contributed by atoms with van der Waals surface area (Å²) in [5, 5.41) is 17.5. The van der Waals surface area contributed by atoms with Crippen LogP contribution in [0.1, 0.15) is 10.4 Å². The van der Waals surface area contributed by atoms with Gasteiger partial charge in [0.25, 0.3) is 5.78 Å². The Morgan fingerprint density at radius 3 is 2.47 bits per heavy atom. The number of halogens is 1. The van der Waals surface area contributed by atoms with Gasteiger partial charge in [-0.05, 0) is 6.07 Å². The number of hydrogen-bond acceptors (Lipinski definition) is 4. The molecule has 0 aromatic heterocycles. The van der Waals surface area contributed by atoms with Gasteiger partial charge in [0.1, 0.15) is 5.82 Å². The normalized spacial score (nSPS) is 9.73. The van der Waals surface area contributed by atoms with Crippen molar-refractivity contribution in [2.45, 2.75) is 0 Å². The third kappa shape index (κ3) is 2.04. The van der Waals surface area contributed by atoms with Gasteiger partial charge in [0, 0.05) is 6.07 Å². The lowest BCUT2D eigenvalue weighted by molar-refractivity contribution is -0.131. The van der Waals surface area contributed by atoms with E-state index in [0.717, 1.165) is 6.07 Å². The highest BCUT2D eigenvalue weighted by Crippen LogP contribution is 2.28. The molecule has 0 unspecified atom stereocenters. The van der Waals surface area contributed by atoms with Crippen molar-refractivity contribution in [3.05, 3.63) is 23.5 Å². The zero-order valence-corrected chi connectivity index (χ0v) is 7.65. The van der Waals surface area contributed by atoms with E-state index in [1.165, 1.54) is 7.11 Å². The first-order chi connectivity index (χ1) is 6.97. The van der Waals surface area contributed by atoms with E-state index >= 15 is 0 Å². The van der Waals surface area contributed by atoms with Gasteiger partial charge in [-0.15, -0.1) is 0 Å². The van der Waals surface area contributed by atoms with Gasteiger partial charge < -0.3 is 14.9 Å². The van der Waals surface area contributed by atoms with Crippen LogP contribution >= 0.6 is 0 Å². The zero-order valence-electron chi connectivity index (χ0n) is 7.65. The first-order valence-corrected chi connectivity index (χ1v) is 3.81. The van der Waals surface area contributed by atoms with Crippen molar-refractivity contribution in [1.82, 2.24) is 0 Å². The predicted octanol–water partition coefficient (Wildman–Crippen LogP) is 0.807. The topological polar surface area (TPSA) is 83.8 Å². The molecule has 1 rings (SSSR count). The molecule has 5 nitrogen and oxygen atoms in total. The van der Waals surface area contributed by atoms with Gasteiger partial charge in [-0.1, -0.05) is 0 Å². The third-order valence-electron chi connectivity index (χ3n) is 1.71. The smallest absolute Gasteiger partial charge is 0.377 e. The molecule has 1 aromatic carbocycles. The maximum Gasteiger partial charge on any atom is 0.377 e. The highest BCUT2D eigenvalue weighted by atomic mass is 19.1. The van der Waals surface area contributed by atoms with Gasteiger partial charge in [0.2, 0.25) is 0 Å². The fourth-order valence-corrected chi connectivity index (χ4v) is 0.996. The molecule has 0 aliphatic carbocycles. The average Bonchev–Trinajstić information content (AvgIpc) is 2.17. The maximum absolute atomic E-state index is 13.1. The number of phenolic OH excluding ortho intramolecular Hbond substituents is 1. The van der Waals surface area contributed by atoms with Crippen LogP contribution < -0.4 is 4.74 Å². The van der Waals surface area contributed by atoms with Gasteiger partial charge in [0.15, 0.2) is 11.5 Å². The molecule has 0 heterocycles. The molecule has 0 atom stereocenters. The number of aromatic hydroxyl groups is 1. The van der Waals surface area contributed by atoms with E-state index in [9.17, 15) is 14.0 Å². The van der Waals surface area contributed by atoms with Crippen LogP contribution in [-0.4, -0.2) is 29.1 Å². The number of benzene rings is 1. The molecule has 0 fully saturated rings. The number of hydrogen-bond donors (Lipinski definition) is 2. The summed E-state index contributed by atoms with van der Waals surface area (Å²) in [7, 11) is 1.20. The number of Topliss-reactive ketones (excluding diaryl/α,β-unsaturated/α-hetero) is 1. The molecular formula is C9H7FO5. The van der Waals surface area contributed by atoms with Crippen LogP contribution in [0.15, 0.2) is 12.1 Å². The van der Waals surface area contributed by atoms with Gasteiger partial charge in [-0.25, -0.2) is 9.18 Å². The van der Waals surface area contributed by atoms with Crippen LogP contribution in [0.4, 0.5) is 4.39 Å². The number of carboxylic acid groups (broad SMARTS) is 1. The summed E-state index contributed by atoms with van der Waals surface area (Å²) < 4.78 is 17.7. The lowest BCUT2D eigenvalue weighted by atomic mass is 10.1. The number of methoxy groups -OCH3 is 1. The summed E-state index contributed by atoms with van der Waals surface area (Å²) in [5.74, 6) is -4.95. The average molecular weight is 214 g/mol. The van der Waals surface area contributed by atoms with E-state index in [2.05, 4.69) is 4.74 Å². The largest absolute Gasteiger partial charge is 0.504 e. The van der Waals surface area contributed by atoms with Crippen LogP contribution in [0, 0.1) is 5.82 Å². The molecule has 0 aliphatic rings. The van der Waals surface area contributed by atoms with Crippen molar-refractivity contribution in [3.8, 4) is 11.5 Å². The van der Waals surface area contributed by atoms with E-state index in [-0.39, 0.29) is 5.75 Å². The highest BCUT2D eigenvalue weighted by Gasteiger charge is 2.21. The molecule has 1 aromatic rings. The molecule has 0 saturated carbocycles. The molecule has 0 spiro atoms. The minimum absolute atomic E-state index is 0.166. The Bertz CT molecular complexity index is 427. The Hall–Kier alpha value is -2.11. The Labute approximate surface area is 83.7 Å². The van der Waals surface area contributed by atoms with Crippen molar-refractivity contribution in [3.63, 3.8) is 0 Å². The summed E-state index contributed by atoms with van der Waals surface area (Å²) in [5.41, 5.74) is -0.655. The Morgan fingerprint density at radius 2 is 2.00 bits per heavy atom. The molecule has 0 saturated heterocycles. The number of ether oxygens (including phenoxy) is 1. The molecule has 2 N–H and O–H groups in total. The molecule has 0 amide bonds. The van der Waals surface area contributed by atoms with Crippen molar-refractivity contribution in [1.29, 1.82) is 0 Å². The molecule has 0 radical (unpaired) electrons. The van der Waals surface area contributed by atoms with Crippen LogP contribution in [0.3, 0.4) is 0 Å². The number of phenols is 1. The molecule has 80 valence electrons. The number of carboxylic acids is 1. The quantitative estimate of drug-likeness (QED) is 0.574. The second-order valence-corrected chi connectivity index (χ2v) is 2.64. The summed E-state index contributed by atoms with van der Waals surface area (Å²) >= 11 is 0. The highest BCUT2D eigenvalue weighted by molar-refractivity contribution is 6.40. The molecule has 6 heteroatoms. The summed E-state index contributed by atoms with van der Waals surface area (Å²) in [6.45, 7) is 0. The van der Waals surface area contributed by atoms with E-state index in [4.69, 9.17) is 10.2 Å². The second-order valence-electron chi connectivity index (χ2n) is 2.64. The second kappa shape index (κ2) is 3.95. The maximum atomic E-state index is 13.1. The number of aliphatic carboxylic acids is 1. The standard InChI is InChI=1S/C9H7FO5/c1-15-7-2-4(8(12)9(13)14)5(10)3-6(7)11/h2-3,11H,1H3,(H,13,14). The zero-order chi connectivity index (χ0) is 11.6. The van der Waals surface area contributed by atoms with E-state index in [1.807, 2.05) is 0 Å². The summed E-state index contributed by atoms with van der Waals surface area (Å²) in [6.07, 6.45) is 0. The van der Waals surface area contributed by atoms with Crippen LogP contribution in [0.5, 0.6) is 11.5 Å². The number of carbonyl (C=O) groups excluding carboxylic acids is 1. The SMILES string of the molecule is COc1cc(C(=O)C(=O)O)c(F)cc1O. The number of carbonyl (C=O) groups is 2. The first kappa shape index (κ1) is 11.0. The third-order valence-corrected chi connectivity index (χ3v) is 1.71. The van der Waals surface area contributed by atoms with Crippen molar-refractivity contribution in [2.75, 3.05) is 7.11 Å². The van der Waals surface area contributed by atoms with Gasteiger partial charge in [-0.3, -0.25) is 4.79 Å². The van der Waals surface area contributed by atoms with E-state index in [0.29, 0.717) is 6.07 Å². The molecule has 0 bridgehead atoms. The summed E-state index contributed by atoms with van der Waals surface area (Å²) in [6, 6.07) is 1.45. The van der Waals surface area contributed by atoms with E-state index < -0.39 is 28.9 Å². The number of rotatable bonds is 3. The van der Waals surface area contributed by atoms with Crippen molar-refractivity contribution < 1.29 is 28.9 Å². The van der Waals surface area contributed by atoms with Gasteiger partial charge >= 0.3 is 5.97 Å². The predicted molar refractivity (Wildman–Crippen MR) is 46.6 cm³/mol. The van der Waals surface area contributed by atoms with Crippen LogP contribution in [-0.2, 0) is 4.79 Å². The fourth-order valence-electron chi connectivity index (χ4n) is 0.996. The Balaban J connectivity index is 3.30. The minimum Gasteiger partial charge on any atom is -0.504 e. The van der Waals surface area contributed by atoms with E-state index in [1.54, 1.807) is 0 Å².